The van der Waals surface area contributed by atoms with Gasteiger partial charge in [0.05, 0.1) is 4.90 Å². The molecule has 1 aliphatic heterocycles. The fraction of sp³-hybridized carbons (Fsp3) is 0.583. The molecule has 0 unspecified atom stereocenters. The Morgan fingerprint density at radius 2 is 2.00 bits per heavy atom. The lowest BCUT2D eigenvalue weighted by atomic mass is 10.3. The summed E-state index contributed by atoms with van der Waals surface area (Å²) in [6, 6.07) is 3.95. The van der Waals surface area contributed by atoms with E-state index in [9.17, 15) is 0 Å². The molecule has 0 bridgehead atoms. The fourth-order valence-electron chi connectivity index (χ4n) is 1.93. The van der Waals surface area contributed by atoms with Crippen LogP contribution in [0, 0.1) is 0 Å². The van der Waals surface area contributed by atoms with E-state index in [1.807, 2.05) is 17.8 Å². The largest absolute Gasteiger partial charge is 0.353 e. The Labute approximate surface area is 112 Å². The standard InChI is InChI=1S/C12H18ClN3S/c1-3-17-10-4-5-11(13)14-12(10)16-8-6-15(2)7-9-16/h4-5H,3,6-9H2,1-2H3. The minimum Gasteiger partial charge on any atom is -0.353 e. The van der Waals surface area contributed by atoms with Crippen LogP contribution >= 0.6 is 23.4 Å². The summed E-state index contributed by atoms with van der Waals surface area (Å²) in [5.74, 6) is 2.11. The van der Waals surface area contributed by atoms with Crippen molar-refractivity contribution in [2.45, 2.75) is 11.8 Å². The summed E-state index contributed by atoms with van der Waals surface area (Å²) in [5, 5.41) is 0.583. The molecule has 0 N–H and O–H groups in total. The number of piperazine rings is 1. The molecule has 2 rings (SSSR count). The highest BCUT2D eigenvalue weighted by Crippen LogP contribution is 2.30. The Kier molecular flexibility index (Phi) is 4.54. The number of hydrogen-bond acceptors (Lipinski definition) is 4. The summed E-state index contributed by atoms with van der Waals surface area (Å²) in [5.41, 5.74) is 0. The smallest absolute Gasteiger partial charge is 0.144 e. The average molecular weight is 272 g/mol. The highest BCUT2D eigenvalue weighted by Gasteiger charge is 2.18. The van der Waals surface area contributed by atoms with E-state index in [1.165, 1.54) is 4.90 Å². The molecule has 0 saturated carbocycles. The van der Waals surface area contributed by atoms with Crippen molar-refractivity contribution in [2.75, 3.05) is 43.9 Å². The normalized spacial score (nSPS) is 17.5. The number of pyridine rings is 1. The molecule has 2 heterocycles. The number of nitrogens with zero attached hydrogens (tertiary/aromatic N) is 3. The Bertz CT molecular complexity index is 378. The van der Waals surface area contributed by atoms with E-state index in [-0.39, 0.29) is 0 Å². The third kappa shape index (κ3) is 3.27. The van der Waals surface area contributed by atoms with Crippen LogP contribution in [0.2, 0.25) is 5.15 Å². The maximum Gasteiger partial charge on any atom is 0.144 e. The third-order valence-electron chi connectivity index (χ3n) is 2.91. The number of aromatic nitrogens is 1. The van der Waals surface area contributed by atoms with Crippen LogP contribution in [0.3, 0.4) is 0 Å². The van der Waals surface area contributed by atoms with Gasteiger partial charge in [-0.2, -0.15) is 0 Å². The van der Waals surface area contributed by atoms with E-state index in [2.05, 4.69) is 34.8 Å². The maximum absolute atomic E-state index is 6.01. The molecule has 0 aromatic carbocycles. The van der Waals surface area contributed by atoms with Gasteiger partial charge in [-0.1, -0.05) is 18.5 Å². The van der Waals surface area contributed by atoms with Crippen LogP contribution in [0.5, 0.6) is 0 Å². The molecule has 0 atom stereocenters. The van der Waals surface area contributed by atoms with Gasteiger partial charge in [0.1, 0.15) is 11.0 Å². The zero-order valence-electron chi connectivity index (χ0n) is 10.3. The van der Waals surface area contributed by atoms with Crippen LogP contribution in [0.25, 0.3) is 0 Å². The summed E-state index contributed by atoms with van der Waals surface area (Å²) in [6.45, 7) is 6.39. The monoisotopic (exact) mass is 271 g/mol. The van der Waals surface area contributed by atoms with E-state index in [0.717, 1.165) is 37.7 Å². The molecule has 1 fully saturated rings. The fourth-order valence-corrected chi connectivity index (χ4v) is 2.85. The van der Waals surface area contributed by atoms with Crippen molar-refractivity contribution in [1.29, 1.82) is 0 Å². The maximum atomic E-state index is 6.01. The van der Waals surface area contributed by atoms with E-state index < -0.39 is 0 Å². The Balaban J connectivity index is 2.20. The highest BCUT2D eigenvalue weighted by molar-refractivity contribution is 7.99. The molecule has 0 spiro atoms. The van der Waals surface area contributed by atoms with Crippen LogP contribution in [-0.2, 0) is 0 Å². The molecule has 5 heteroatoms. The first kappa shape index (κ1) is 13.0. The lowest BCUT2D eigenvalue weighted by molar-refractivity contribution is 0.311. The number of halogens is 1. The van der Waals surface area contributed by atoms with Crippen molar-refractivity contribution in [3.05, 3.63) is 17.3 Å². The number of rotatable bonds is 3. The number of likely N-dealkylation sites (N-methyl/N-ethyl adjacent to an activating group) is 1. The molecule has 0 amide bonds. The Morgan fingerprint density at radius 1 is 1.29 bits per heavy atom. The van der Waals surface area contributed by atoms with Crippen molar-refractivity contribution in [3.63, 3.8) is 0 Å². The van der Waals surface area contributed by atoms with Crippen molar-refractivity contribution >= 4 is 29.2 Å². The Hall–Kier alpha value is -0.450. The lowest BCUT2D eigenvalue weighted by Gasteiger charge is -2.34. The van der Waals surface area contributed by atoms with Gasteiger partial charge in [-0.15, -0.1) is 11.8 Å². The second-order valence-corrected chi connectivity index (χ2v) is 5.87. The Morgan fingerprint density at radius 3 is 2.65 bits per heavy atom. The second-order valence-electron chi connectivity index (χ2n) is 4.18. The molecule has 1 aliphatic rings. The zero-order chi connectivity index (χ0) is 12.3. The second kappa shape index (κ2) is 5.94. The molecular formula is C12H18ClN3S. The van der Waals surface area contributed by atoms with Gasteiger partial charge < -0.3 is 9.80 Å². The van der Waals surface area contributed by atoms with E-state index >= 15 is 0 Å². The van der Waals surface area contributed by atoms with Gasteiger partial charge in [0, 0.05) is 26.2 Å². The third-order valence-corrected chi connectivity index (χ3v) is 4.04. The first-order valence-corrected chi connectivity index (χ1v) is 7.30. The highest BCUT2D eigenvalue weighted by atomic mass is 35.5. The van der Waals surface area contributed by atoms with Gasteiger partial charge in [0.25, 0.3) is 0 Å². The van der Waals surface area contributed by atoms with Crippen LogP contribution in [0.1, 0.15) is 6.92 Å². The van der Waals surface area contributed by atoms with Gasteiger partial charge in [-0.25, -0.2) is 4.98 Å². The molecule has 17 heavy (non-hydrogen) atoms. The molecule has 94 valence electrons. The summed E-state index contributed by atoms with van der Waals surface area (Å²) in [4.78, 5) is 10.4. The topological polar surface area (TPSA) is 19.4 Å². The number of hydrogen-bond donors (Lipinski definition) is 0. The van der Waals surface area contributed by atoms with Crippen molar-refractivity contribution in [3.8, 4) is 0 Å². The van der Waals surface area contributed by atoms with E-state index in [0.29, 0.717) is 5.15 Å². The van der Waals surface area contributed by atoms with E-state index in [4.69, 9.17) is 11.6 Å². The number of thioether (sulfide) groups is 1. The van der Waals surface area contributed by atoms with Gasteiger partial charge in [-0.05, 0) is 24.9 Å². The van der Waals surface area contributed by atoms with Crippen LogP contribution in [0.15, 0.2) is 17.0 Å². The van der Waals surface area contributed by atoms with Gasteiger partial charge in [0.15, 0.2) is 0 Å². The molecule has 0 radical (unpaired) electrons. The van der Waals surface area contributed by atoms with Crippen molar-refractivity contribution in [1.82, 2.24) is 9.88 Å². The van der Waals surface area contributed by atoms with Gasteiger partial charge in [0.2, 0.25) is 0 Å². The van der Waals surface area contributed by atoms with Gasteiger partial charge in [-0.3, -0.25) is 0 Å². The van der Waals surface area contributed by atoms with Gasteiger partial charge >= 0.3 is 0 Å². The summed E-state index contributed by atoms with van der Waals surface area (Å²) >= 11 is 7.84. The van der Waals surface area contributed by atoms with Crippen molar-refractivity contribution < 1.29 is 0 Å². The first-order chi connectivity index (χ1) is 8.20. The van der Waals surface area contributed by atoms with E-state index in [1.54, 1.807) is 0 Å². The van der Waals surface area contributed by atoms with Crippen molar-refractivity contribution in [2.24, 2.45) is 0 Å². The minimum absolute atomic E-state index is 0.583. The SMILES string of the molecule is CCSc1ccc(Cl)nc1N1CCN(C)CC1. The molecule has 1 aromatic heterocycles. The molecule has 3 nitrogen and oxygen atoms in total. The quantitative estimate of drug-likeness (QED) is 0.621. The minimum atomic E-state index is 0.583. The lowest BCUT2D eigenvalue weighted by Crippen LogP contribution is -2.45. The molecule has 1 aromatic rings. The zero-order valence-corrected chi connectivity index (χ0v) is 11.9. The molecular weight excluding hydrogens is 254 g/mol. The summed E-state index contributed by atoms with van der Waals surface area (Å²) in [6.07, 6.45) is 0. The molecule has 0 aliphatic carbocycles. The van der Waals surface area contributed by atoms with Crippen LogP contribution in [0.4, 0.5) is 5.82 Å². The van der Waals surface area contributed by atoms with Crippen LogP contribution in [-0.4, -0.2) is 48.9 Å². The number of anilines is 1. The molecule has 1 saturated heterocycles. The van der Waals surface area contributed by atoms with Crippen LogP contribution < -0.4 is 4.90 Å². The summed E-state index contributed by atoms with van der Waals surface area (Å²) in [7, 11) is 2.16. The predicted octanol–water partition coefficient (Wildman–Crippen LogP) is 2.60. The summed E-state index contributed by atoms with van der Waals surface area (Å²) < 4.78 is 0. The average Bonchev–Trinajstić information content (AvgIpc) is 2.33. The predicted molar refractivity (Wildman–Crippen MR) is 75.4 cm³/mol. The first-order valence-electron chi connectivity index (χ1n) is 5.93.